The molecule has 0 radical (unpaired) electrons. The Kier molecular flexibility index (Phi) is 5.83. The van der Waals surface area contributed by atoms with Crippen LogP contribution in [0.3, 0.4) is 0 Å². The average molecular weight is 304 g/mol. The second kappa shape index (κ2) is 7.84. The minimum atomic E-state index is 0.0422. The number of methoxy groups -OCH3 is 2. The van der Waals surface area contributed by atoms with Crippen molar-refractivity contribution in [2.45, 2.75) is 6.92 Å². The first-order chi connectivity index (χ1) is 10.7. The topological polar surface area (TPSA) is 42.0 Å². The van der Waals surface area contributed by atoms with Crippen LogP contribution in [0, 0.1) is 0 Å². The van der Waals surface area contributed by atoms with Crippen molar-refractivity contribution >= 4 is 12.0 Å². The van der Waals surface area contributed by atoms with Crippen LogP contribution in [0.4, 0.5) is 0 Å². The summed E-state index contributed by atoms with van der Waals surface area (Å²) in [5.41, 5.74) is 0.836. The third-order valence-electron chi connectivity index (χ3n) is 3.97. The van der Waals surface area contributed by atoms with Gasteiger partial charge in [0.1, 0.15) is 0 Å². The minimum absolute atomic E-state index is 0.0422. The molecule has 1 aromatic carbocycles. The number of nitrogens with zero attached hydrogens (tertiary/aromatic N) is 2. The van der Waals surface area contributed by atoms with Crippen LogP contribution < -0.4 is 9.47 Å². The van der Waals surface area contributed by atoms with Crippen LogP contribution in [0.25, 0.3) is 6.08 Å². The molecule has 0 bridgehead atoms. The van der Waals surface area contributed by atoms with Crippen LogP contribution >= 0.6 is 0 Å². The van der Waals surface area contributed by atoms with Crippen LogP contribution in [-0.2, 0) is 4.79 Å². The first-order valence-corrected chi connectivity index (χ1v) is 7.60. The van der Waals surface area contributed by atoms with Crippen LogP contribution in [-0.4, -0.2) is 62.7 Å². The van der Waals surface area contributed by atoms with E-state index in [1.165, 1.54) is 0 Å². The van der Waals surface area contributed by atoms with Gasteiger partial charge in [0.2, 0.25) is 5.91 Å². The quantitative estimate of drug-likeness (QED) is 0.779. The van der Waals surface area contributed by atoms with Gasteiger partial charge in [0.05, 0.1) is 14.2 Å². The lowest BCUT2D eigenvalue weighted by atomic mass is 10.1. The molecule has 1 fully saturated rings. The van der Waals surface area contributed by atoms with E-state index in [4.69, 9.17) is 9.47 Å². The zero-order chi connectivity index (χ0) is 15.9. The number of carbonyl (C=O) groups excluding carboxylic acids is 1. The molecule has 0 saturated carbocycles. The molecule has 1 aromatic rings. The molecular formula is C17H24N2O3. The lowest BCUT2D eigenvalue weighted by Gasteiger charge is -2.33. The summed E-state index contributed by atoms with van der Waals surface area (Å²) in [6.07, 6.45) is 3.40. The van der Waals surface area contributed by atoms with Crippen molar-refractivity contribution < 1.29 is 14.3 Å². The molecule has 0 unspecified atom stereocenters. The average Bonchev–Trinajstić information content (AvgIpc) is 2.59. The molecule has 5 nitrogen and oxygen atoms in total. The van der Waals surface area contributed by atoms with E-state index in [0.717, 1.165) is 38.3 Å². The van der Waals surface area contributed by atoms with Crippen molar-refractivity contribution in [3.8, 4) is 11.5 Å². The van der Waals surface area contributed by atoms with E-state index < -0.39 is 0 Å². The number of likely N-dealkylation sites (N-methyl/N-ethyl adjacent to an activating group) is 1. The van der Waals surface area contributed by atoms with E-state index in [1.807, 2.05) is 23.1 Å². The third-order valence-corrected chi connectivity index (χ3v) is 3.97. The molecular weight excluding hydrogens is 280 g/mol. The monoisotopic (exact) mass is 304 g/mol. The summed E-state index contributed by atoms with van der Waals surface area (Å²) in [5.74, 6) is 1.35. The highest BCUT2D eigenvalue weighted by Crippen LogP contribution is 2.31. The van der Waals surface area contributed by atoms with E-state index in [1.54, 1.807) is 26.4 Å². The summed E-state index contributed by atoms with van der Waals surface area (Å²) in [5, 5.41) is 0. The molecule has 2 rings (SSSR count). The molecule has 22 heavy (non-hydrogen) atoms. The van der Waals surface area contributed by atoms with Gasteiger partial charge in [-0.3, -0.25) is 4.79 Å². The smallest absolute Gasteiger partial charge is 0.246 e. The minimum Gasteiger partial charge on any atom is -0.493 e. The van der Waals surface area contributed by atoms with Gasteiger partial charge in [-0.15, -0.1) is 0 Å². The van der Waals surface area contributed by atoms with Gasteiger partial charge in [-0.05, 0) is 18.7 Å². The Balaban J connectivity index is 2.04. The molecule has 1 saturated heterocycles. The zero-order valence-electron chi connectivity index (χ0n) is 13.5. The molecule has 5 heteroatoms. The predicted octanol–water partition coefficient (Wildman–Crippen LogP) is 1.88. The molecule has 1 aliphatic heterocycles. The van der Waals surface area contributed by atoms with Gasteiger partial charge in [-0.2, -0.15) is 0 Å². The maximum Gasteiger partial charge on any atom is 0.246 e. The lowest BCUT2D eigenvalue weighted by molar-refractivity contribution is -0.127. The molecule has 0 aromatic heterocycles. The molecule has 120 valence electrons. The molecule has 0 aliphatic carbocycles. The number of piperazine rings is 1. The normalized spacial score (nSPS) is 16.0. The highest BCUT2D eigenvalue weighted by molar-refractivity contribution is 5.92. The second-order valence-electron chi connectivity index (χ2n) is 5.18. The molecule has 0 spiro atoms. The Morgan fingerprint density at radius 3 is 2.50 bits per heavy atom. The number of ether oxygens (including phenoxy) is 2. The molecule has 1 amide bonds. The maximum absolute atomic E-state index is 12.3. The van der Waals surface area contributed by atoms with Crippen LogP contribution in [0.2, 0.25) is 0 Å². The van der Waals surface area contributed by atoms with Crippen LogP contribution in [0.15, 0.2) is 24.3 Å². The van der Waals surface area contributed by atoms with Gasteiger partial charge in [0.25, 0.3) is 0 Å². The number of hydrogen-bond acceptors (Lipinski definition) is 4. The van der Waals surface area contributed by atoms with Crippen molar-refractivity contribution in [2.75, 3.05) is 46.9 Å². The highest BCUT2D eigenvalue weighted by atomic mass is 16.5. The predicted molar refractivity (Wildman–Crippen MR) is 87.3 cm³/mol. The maximum atomic E-state index is 12.3. The zero-order valence-corrected chi connectivity index (χ0v) is 13.5. The van der Waals surface area contributed by atoms with Crippen molar-refractivity contribution in [3.05, 3.63) is 29.8 Å². The first kappa shape index (κ1) is 16.4. The number of carbonyl (C=O) groups is 1. The van der Waals surface area contributed by atoms with Gasteiger partial charge >= 0.3 is 0 Å². The van der Waals surface area contributed by atoms with Crippen LogP contribution in [0.5, 0.6) is 11.5 Å². The summed E-state index contributed by atoms with van der Waals surface area (Å²) < 4.78 is 10.6. The number of amides is 1. The van der Waals surface area contributed by atoms with Crippen molar-refractivity contribution in [1.82, 2.24) is 9.80 Å². The van der Waals surface area contributed by atoms with E-state index in [2.05, 4.69) is 11.8 Å². The standard InChI is InChI=1S/C17H24N2O3/c1-4-18-10-12-19(13-11-18)16(20)9-8-14-6-5-7-15(21-2)17(14)22-3/h5-9H,4,10-13H2,1-3H3/b9-8-. The number of para-hydroxylation sites is 1. The Morgan fingerprint density at radius 1 is 1.18 bits per heavy atom. The molecule has 0 atom stereocenters. The molecule has 1 heterocycles. The largest absolute Gasteiger partial charge is 0.493 e. The number of hydrogen-bond donors (Lipinski definition) is 0. The Bertz CT molecular complexity index is 535. The van der Waals surface area contributed by atoms with Crippen molar-refractivity contribution in [1.29, 1.82) is 0 Å². The van der Waals surface area contributed by atoms with E-state index in [0.29, 0.717) is 11.5 Å². The van der Waals surface area contributed by atoms with Crippen LogP contribution in [0.1, 0.15) is 12.5 Å². The number of rotatable bonds is 5. The lowest BCUT2D eigenvalue weighted by Crippen LogP contribution is -2.48. The van der Waals surface area contributed by atoms with Gasteiger partial charge in [0, 0.05) is 37.8 Å². The summed E-state index contributed by atoms with van der Waals surface area (Å²) in [7, 11) is 3.20. The van der Waals surface area contributed by atoms with Gasteiger partial charge < -0.3 is 19.3 Å². The van der Waals surface area contributed by atoms with Gasteiger partial charge in [-0.1, -0.05) is 19.1 Å². The Hall–Kier alpha value is -2.01. The summed E-state index contributed by atoms with van der Waals surface area (Å²) in [6.45, 7) is 6.64. The molecule has 1 aliphatic rings. The fourth-order valence-electron chi connectivity index (χ4n) is 2.59. The van der Waals surface area contributed by atoms with Gasteiger partial charge in [-0.25, -0.2) is 0 Å². The molecule has 0 N–H and O–H groups in total. The van der Waals surface area contributed by atoms with E-state index in [-0.39, 0.29) is 5.91 Å². The Labute approximate surface area is 132 Å². The fraction of sp³-hybridized carbons (Fsp3) is 0.471. The SMILES string of the molecule is CCN1CCN(C(=O)/C=C\c2cccc(OC)c2OC)CC1. The first-order valence-electron chi connectivity index (χ1n) is 7.60. The van der Waals surface area contributed by atoms with Crippen molar-refractivity contribution in [3.63, 3.8) is 0 Å². The highest BCUT2D eigenvalue weighted by Gasteiger charge is 2.18. The number of benzene rings is 1. The van der Waals surface area contributed by atoms with E-state index >= 15 is 0 Å². The fourth-order valence-corrected chi connectivity index (χ4v) is 2.59. The Morgan fingerprint density at radius 2 is 1.91 bits per heavy atom. The summed E-state index contributed by atoms with van der Waals surface area (Å²) in [6, 6.07) is 5.62. The van der Waals surface area contributed by atoms with Gasteiger partial charge in [0.15, 0.2) is 11.5 Å². The van der Waals surface area contributed by atoms with Crippen molar-refractivity contribution in [2.24, 2.45) is 0 Å². The summed E-state index contributed by atoms with van der Waals surface area (Å²) in [4.78, 5) is 16.5. The third kappa shape index (κ3) is 3.80. The van der Waals surface area contributed by atoms with E-state index in [9.17, 15) is 4.79 Å². The summed E-state index contributed by atoms with van der Waals surface area (Å²) >= 11 is 0. The second-order valence-corrected chi connectivity index (χ2v) is 5.18.